The highest BCUT2D eigenvalue weighted by Gasteiger charge is 2.34. The van der Waals surface area contributed by atoms with Crippen molar-refractivity contribution in [2.75, 3.05) is 5.75 Å². The normalized spacial score (nSPS) is 12.7. The molecule has 0 aliphatic carbocycles. The molecule has 0 saturated heterocycles. The van der Waals surface area contributed by atoms with Gasteiger partial charge >= 0.3 is 6.18 Å². The highest BCUT2D eigenvalue weighted by Crippen LogP contribution is 2.32. The first kappa shape index (κ1) is 18.7. The molecule has 0 saturated carbocycles. The van der Waals surface area contributed by atoms with Gasteiger partial charge in [0.15, 0.2) is 27.0 Å². The van der Waals surface area contributed by atoms with Crippen molar-refractivity contribution in [3.63, 3.8) is 0 Å². The molecule has 0 aliphatic rings. The van der Waals surface area contributed by atoms with E-state index in [9.17, 15) is 21.6 Å². The molecule has 3 heterocycles. The highest BCUT2D eigenvalue weighted by molar-refractivity contribution is 9.10. The minimum Gasteiger partial charge on any atom is -0.309 e. The van der Waals surface area contributed by atoms with E-state index >= 15 is 0 Å². The Hall–Kier alpha value is -2.08. The summed E-state index contributed by atoms with van der Waals surface area (Å²) in [5.74, 6) is -0.0902. The second-order valence-corrected chi connectivity index (χ2v) is 8.37. The molecular formula is C14H11BrF3N5O2S. The predicted octanol–water partition coefficient (Wildman–Crippen LogP) is 3.00. The molecule has 0 amide bonds. The molecular weight excluding hydrogens is 439 g/mol. The van der Waals surface area contributed by atoms with Crippen LogP contribution in [0, 0.1) is 0 Å². The van der Waals surface area contributed by atoms with Crippen LogP contribution in [0.25, 0.3) is 22.7 Å². The van der Waals surface area contributed by atoms with Gasteiger partial charge in [-0.15, -0.1) is 10.2 Å². The fourth-order valence-corrected chi connectivity index (χ4v) is 3.65. The first-order valence-corrected chi connectivity index (χ1v) is 9.66. The SMILES string of the molecule is CCS(=O)(=O)c1ccc(Br)nc1-c1nc2cc(C(F)(F)F)nnc2n1C. The second-order valence-electron chi connectivity index (χ2n) is 5.31. The highest BCUT2D eigenvalue weighted by atomic mass is 79.9. The lowest BCUT2D eigenvalue weighted by Crippen LogP contribution is -2.09. The third-order valence-electron chi connectivity index (χ3n) is 3.66. The largest absolute Gasteiger partial charge is 0.435 e. The number of hydrogen-bond donors (Lipinski definition) is 0. The smallest absolute Gasteiger partial charge is 0.309 e. The Morgan fingerprint density at radius 2 is 1.88 bits per heavy atom. The standard InChI is InChI=1S/C14H11BrF3N5O2S/c1-3-26(24,25)8-4-5-10(15)20-11(8)13-19-7-6-9(14(16,17)18)21-22-12(7)23(13)2/h4-6H,3H2,1-2H3. The first-order chi connectivity index (χ1) is 12.0. The monoisotopic (exact) mass is 449 g/mol. The average molecular weight is 450 g/mol. The molecule has 3 rings (SSSR count). The number of alkyl halides is 3. The second kappa shape index (κ2) is 6.27. The fourth-order valence-electron chi connectivity index (χ4n) is 2.33. The van der Waals surface area contributed by atoms with E-state index in [1.54, 1.807) is 0 Å². The van der Waals surface area contributed by atoms with Crippen LogP contribution in [0.15, 0.2) is 27.7 Å². The lowest BCUT2D eigenvalue weighted by molar-refractivity contribution is -0.141. The molecule has 7 nitrogen and oxygen atoms in total. The third-order valence-corrected chi connectivity index (χ3v) is 5.86. The molecule has 26 heavy (non-hydrogen) atoms. The molecule has 0 unspecified atom stereocenters. The molecule has 0 N–H and O–H groups in total. The summed E-state index contributed by atoms with van der Waals surface area (Å²) >= 11 is 3.17. The van der Waals surface area contributed by atoms with Gasteiger partial charge in [0.2, 0.25) is 0 Å². The Morgan fingerprint density at radius 3 is 2.50 bits per heavy atom. The number of fused-ring (bicyclic) bond motifs is 1. The summed E-state index contributed by atoms with van der Waals surface area (Å²) < 4.78 is 64.9. The number of rotatable bonds is 3. The summed E-state index contributed by atoms with van der Waals surface area (Å²) in [4.78, 5) is 8.22. The maximum atomic E-state index is 12.8. The third kappa shape index (κ3) is 3.18. The van der Waals surface area contributed by atoms with Gasteiger partial charge in [-0.25, -0.2) is 18.4 Å². The molecule has 0 radical (unpaired) electrons. The summed E-state index contributed by atoms with van der Waals surface area (Å²) in [7, 11) is -2.13. The zero-order chi connectivity index (χ0) is 19.3. The molecule has 0 fully saturated rings. The summed E-state index contributed by atoms with van der Waals surface area (Å²) in [6, 6.07) is 3.60. The van der Waals surface area contributed by atoms with E-state index in [-0.39, 0.29) is 33.3 Å². The zero-order valence-corrected chi connectivity index (χ0v) is 15.8. The van der Waals surface area contributed by atoms with Crippen molar-refractivity contribution < 1.29 is 21.6 Å². The Kier molecular flexibility index (Phi) is 4.51. The molecule has 0 bridgehead atoms. The van der Waals surface area contributed by atoms with Gasteiger partial charge in [0.1, 0.15) is 15.8 Å². The van der Waals surface area contributed by atoms with Gasteiger partial charge in [-0.2, -0.15) is 13.2 Å². The van der Waals surface area contributed by atoms with Crippen molar-refractivity contribution in [1.29, 1.82) is 0 Å². The van der Waals surface area contributed by atoms with Crippen LogP contribution in [0.5, 0.6) is 0 Å². The number of halogens is 4. The number of aromatic nitrogens is 5. The summed E-state index contributed by atoms with van der Waals surface area (Å²) in [6.45, 7) is 1.48. The van der Waals surface area contributed by atoms with E-state index in [0.29, 0.717) is 4.60 Å². The topological polar surface area (TPSA) is 90.6 Å². The number of sulfone groups is 1. The summed E-state index contributed by atoms with van der Waals surface area (Å²) in [6.07, 6.45) is -4.66. The number of nitrogens with zero attached hydrogens (tertiary/aromatic N) is 5. The molecule has 3 aromatic heterocycles. The van der Waals surface area contributed by atoms with Crippen molar-refractivity contribution in [2.24, 2.45) is 7.05 Å². The van der Waals surface area contributed by atoms with Gasteiger partial charge in [0.25, 0.3) is 0 Å². The van der Waals surface area contributed by atoms with Crippen LogP contribution in [-0.4, -0.2) is 38.9 Å². The van der Waals surface area contributed by atoms with Gasteiger partial charge < -0.3 is 4.57 Å². The van der Waals surface area contributed by atoms with Crippen LogP contribution in [-0.2, 0) is 23.1 Å². The van der Waals surface area contributed by atoms with Crippen molar-refractivity contribution in [2.45, 2.75) is 18.0 Å². The molecule has 0 spiro atoms. The Morgan fingerprint density at radius 1 is 1.19 bits per heavy atom. The fraction of sp³-hybridized carbons (Fsp3) is 0.286. The van der Waals surface area contributed by atoms with E-state index in [1.807, 2.05) is 0 Å². The molecule has 0 atom stereocenters. The number of hydrogen-bond acceptors (Lipinski definition) is 6. The van der Waals surface area contributed by atoms with E-state index in [0.717, 1.165) is 6.07 Å². The number of aryl methyl sites for hydroxylation is 1. The molecule has 0 aromatic carbocycles. The van der Waals surface area contributed by atoms with Crippen molar-refractivity contribution in [1.82, 2.24) is 24.7 Å². The van der Waals surface area contributed by atoms with Crippen LogP contribution in [0.3, 0.4) is 0 Å². The first-order valence-electron chi connectivity index (χ1n) is 7.21. The Labute approximate surface area is 154 Å². The molecule has 3 aromatic rings. The minimum atomic E-state index is -4.66. The van der Waals surface area contributed by atoms with Crippen molar-refractivity contribution >= 4 is 36.9 Å². The van der Waals surface area contributed by atoms with Gasteiger partial charge in [0, 0.05) is 13.1 Å². The quantitative estimate of drug-likeness (QED) is 0.570. The summed E-state index contributed by atoms with van der Waals surface area (Å²) in [5, 5.41) is 6.74. The maximum absolute atomic E-state index is 12.8. The van der Waals surface area contributed by atoms with Crippen LogP contribution in [0.4, 0.5) is 13.2 Å². The van der Waals surface area contributed by atoms with Crippen LogP contribution in [0.2, 0.25) is 0 Å². The van der Waals surface area contributed by atoms with E-state index in [2.05, 4.69) is 36.1 Å². The lowest BCUT2D eigenvalue weighted by atomic mass is 10.3. The minimum absolute atomic E-state index is 0.0234. The Balaban J connectivity index is 2.30. The van der Waals surface area contributed by atoms with E-state index in [4.69, 9.17) is 0 Å². The lowest BCUT2D eigenvalue weighted by Gasteiger charge is -2.09. The van der Waals surface area contributed by atoms with Crippen molar-refractivity contribution in [3.8, 4) is 11.5 Å². The van der Waals surface area contributed by atoms with E-state index in [1.165, 1.54) is 30.7 Å². The number of pyridine rings is 1. The predicted molar refractivity (Wildman–Crippen MR) is 90.0 cm³/mol. The van der Waals surface area contributed by atoms with Gasteiger partial charge in [-0.3, -0.25) is 0 Å². The average Bonchev–Trinajstić information content (AvgIpc) is 2.90. The van der Waals surface area contributed by atoms with E-state index < -0.39 is 21.7 Å². The maximum Gasteiger partial charge on any atom is 0.435 e. The van der Waals surface area contributed by atoms with Crippen molar-refractivity contribution in [3.05, 3.63) is 28.5 Å². The van der Waals surface area contributed by atoms with Gasteiger partial charge in [-0.05, 0) is 28.1 Å². The molecule has 138 valence electrons. The number of imidazole rings is 1. The van der Waals surface area contributed by atoms with Crippen LogP contribution >= 0.6 is 15.9 Å². The summed E-state index contributed by atoms with van der Waals surface area (Å²) in [5.41, 5.74) is -1.14. The van der Waals surface area contributed by atoms with Gasteiger partial charge in [-0.1, -0.05) is 6.92 Å². The molecule has 0 aliphatic heterocycles. The van der Waals surface area contributed by atoms with Crippen LogP contribution < -0.4 is 0 Å². The van der Waals surface area contributed by atoms with Crippen LogP contribution in [0.1, 0.15) is 12.6 Å². The van der Waals surface area contributed by atoms with Gasteiger partial charge in [0.05, 0.1) is 10.6 Å². The Bertz CT molecular complexity index is 1110. The molecule has 12 heteroatoms. The zero-order valence-electron chi connectivity index (χ0n) is 13.4.